The van der Waals surface area contributed by atoms with E-state index in [1.807, 2.05) is 31.2 Å². The third kappa shape index (κ3) is 4.22. The standard InChI is InChI=1S/C21H29ClN2O2/c1-15-3-9-18(10-4-15)23-20(26)21(2)13-11-19(25)24(21)14-12-16-5-7-17(22)8-6-16/h5-8,15,18H,3-4,9-14H2,1-2H3,(H,23,26)/t15?,18?,21-/m0/s1. The zero-order chi connectivity index (χ0) is 18.7. The highest BCUT2D eigenvalue weighted by molar-refractivity contribution is 6.30. The molecule has 1 aromatic carbocycles. The Balaban J connectivity index is 1.62. The molecule has 3 rings (SSSR count). The topological polar surface area (TPSA) is 49.4 Å². The van der Waals surface area contributed by atoms with Gasteiger partial charge in [-0.2, -0.15) is 0 Å². The third-order valence-electron chi connectivity index (χ3n) is 6.10. The summed E-state index contributed by atoms with van der Waals surface area (Å²) in [6.45, 7) is 4.75. The summed E-state index contributed by atoms with van der Waals surface area (Å²) in [5.41, 5.74) is 0.394. The Labute approximate surface area is 161 Å². The summed E-state index contributed by atoms with van der Waals surface area (Å²) in [5.74, 6) is 0.843. The fraction of sp³-hybridized carbons (Fsp3) is 0.619. The van der Waals surface area contributed by atoms with Crippen LogP contribution in [-0.2, 0) is 16.0 Å². The Kier molecular flexibility index (Phi) is 5.91. The molecule has 2 amide bonds. The predicted molar refractivity (Wildman–Crippen MR) is 104 cm³/mol. The van der Waals surface area contributed by atoms with Crippen LogP contribution < -0.4 is 5.32 Å². The van der Waals surface area contributed by atoms with Crippen molar-refractivity contribution in [2.45, 2.75) is 70.4 Å². The first kappa shape index (κ1) is 19.2. The van der Waals surface area contributed by atoms with E-state index < -0.39 is 5.54 Å². The summed E-state index contributed by atoms with van der Waals surface area (Å²) in [7, 11) is 0. The lowest BCUT2D eigenvalue weighted by Crippen LogP contribution is -2.57. The quantitative estimate of drug-likeness (QED) is 0.845. The second kappa shape index (κ2) is 7.99. The Morgan fingerprint density at radius 3 is 2.54 bits per heavy atom. The van der Waals surface area contributed by atoms with Crippen molar-refractivity contribution in [3.63, 3.8) is 0 Å². The van der Waals surface area contributed by atoms with Gasteiger partial charge >= 0.3 is 0 Å². The minimum Gasteiger partial charge on any atom is -0.351 e. The molecule has 2 aliphatic rings. The smallest absolute Gasteiger partial charge is 0.245 e. The van der Waals surface area contributed by atoms with Gasteiger partial charge < -0.3 is 10.2 Å². The summed E-state index contributed by atoms with van der Waals surface area (Å²) < 4.78 is 0. The summed E-state index contributed by atoms with van der Waals surface area (Å²) in [6, 6.07) is 7.92. The van der Waals surface area contributed by atoms with Crippen LogP contribution in [0.5, 0.6) is 0 Å². The number of rotatable bonds is 5. The number of hydrogen-bond acceptors (Lipinski definition) is 2. The fourth-order valence-electron chi connectivity index (χ4n) is 4.14. The van der Waals surface area contributed by atoms with E-state index in [0.717, 1.165) is 30.7 Å². The molecular weight excluding hydrogens is 348 g/mol. The van der Waals surface area contributed by atoms with Crippen molar-refractivity contribution in [2.75, 3.05) is 6.54 Å². The van der Waals surface area contributed by atoms with Crippen LogP contribution in [0, 0.1) is 5.92 Å². The number of carbonyl (C=O) groups is 2. The normalized spacial score (nSPS) is 29.0. The van der Waals surface area contributed by atoms with Crippen molar-refractivity contribution in [1.82, 2.24) is 10.2 Å². The van der Waals surface area contributed by atoms with Gasteiger partial charge in [-0.15, -0.1) is 0 Å². The molecule has 1 aliphatic heterocycles. The van der Waals surface area contributed by atoms with Crippen molar-refractivity contribution in [2.24, 2.45) is 5.92 Å². The highest BCUT2D eigenvalue weighted by Crippen LogP contribution is 2.32. The van der Waals surface area contributed by atoms with E-state index in [-0.39, 0.29) is 17.9 Å². The molecule has 26 heavy (non-hydrogen) atoms. The van der Waals surface area contributed by atoms with Gasteiger partial charge in [-0.1, -0.05) is 30.7 Å². The molecule has 1 aromatic rings. The molecule has 1 atom stereocenters. The van der Waals surface area contributed by atoms with Crippen LogP contribution in [0.1, 0.15) is 57.9 Å². The zero-order valence-corrected chi connectivity index (χ0v) is 16.5. The SMILES string of the molecule is CC1CCC(NC(=O)[C@]2(C)CCC(=O)N2CCc2ccc(Cl)cc2)CC1. The second-order valence-corrected chi connectivity index (χ2v) is 8.56. The maximum atomic E-state index is 13.0. The number of carbonyl (C=O) groups excluding carboxylic acids is 2. The van der Waals surface area contributed by atoms with Crippen LogP contribution in [0.3, 0.4) is 0 Å². The zero-order valence-electron chi connectivity index (χ0n) is 15.8. The Morgan fingerprint density at radius 1 is 1.23 bits per heavy atom. The minimum absolute atomic E-state index is 0.0130. The van der Waals surface area contributed by atoms with E-state index in [4.69, 9.17) is 11.6 Å². The Hall–Kier alpha value is -1.55. The van der Waals surface area contributed by atoms with Crippen LogP contribution in [-0.4, -0.2) is 34.8 Å². The first-order chi connectivity index (χ1) is 12.4. The van der Waals surface area contributed by atoms with E-state index in [1.54, 1.807) is 4.90 Å². The number of hydrogen-bond donors (Lipinski definition) is 1. The van der Waals surface area contributed by atoms with Gasteiger partial charge in [0.25, 0.3) is 0 Å². The summed E-state index contributed by atoms with van der Waals surface area (Å²) in [4.78, 5) is 27.2. The van der Waals surface area contributed by atoms with Crippen LogP contribution in [0.4, 0.5) is 0 Å². The predicted octanol–water partition coefficient (Wildman–Crippen LogP) is 3.96. The molecule has 0 radical (unpaired) electrons. The maximum Gasteiger partial charge on any atom is 0.245 e. The van der Waals surface area contributed by atoms with Gasteiger partial charge in [0.15, 0.2) is 0 Å². The number of nitrogens with one attached hydrogen (secondary N) is 1. The van der Waals surface area contributed by atoms with Crippen molar-refractivity contribution in [1.29, 1.82) is 0 Å². The van der Waals surface area contributed by atoms with E-state index in [1.165, 1.54) is 12.8 Å². The molecule has 1 saturated heterocycles. The molecule has 0 bridgehead atoms. The summed E-state index contributed by atoms with van der Waals surface area (Å²) in [6.07, 6.45) is 6.20. The Morgan fingerprint density at radius 2 is 1.88 bits per heavy atom. The van der Waals surface area contributed by atoms with E-state index in [2.05, 4.69) is 12.2 Å². The van der Waals surface area contributed by atoms with Crippen LogP contribution in [0.2, 0.25) is 5.02 Å². The van der Waals surface area contributed by atoms with Crippen molar-refractivity contribution >= 4 is 23.4 Å². The van der Waals surface area contributed by atoms with Crippen LogP contribution in [0.15, 0.2) is 24.3 Å². The van der Waals surface area contributed by atoms with E-state index in [0.29, 0.717) is 24.4 Å². The molecular formula is C21H29ClN2O2. The molecule has 2 fully saturated rings. The van der Waals surface area contributed by atoms with Crippen molar-refractivity contribution in [3.8, 4) is 0 Å². The molecule has 1 N–H and O–H groups in total. The minimum atomic E-state index is -0.730. The average molecular weight is 377 g/mol. The molecule has 142 valence electrons. The Bertz CT molecular complexity index is 652. The van der Waals surface area contributed by atoms with Gasteiger partial charge in [-0.3, -0.25) is 9.59 Å². The summed E-state index contributed by atoms with van der Waals surface area (Å²) >= 11 is 5.93. The molecule has 4 nitrogen and oxygen atoms in total. The van der Waals surface area contributed by atoms with Crippen LogP contribution in [0.25, 0.3) is 0 Å². The number of amides is 2. The molecule has 1 saturated carbocycles. The number of likely N-dealkylation sites (tertiary alicyclic amines) is 1. The highest BCUT2D eigenvalue weighted by atomic mass is 35.5. The molecule has 1 aliphatic carbocycles. The van der Waals surface area contributed by atoms with Crippen LogP contribution >= 0.6 is 11.6 Å². The number of nitrogens with zero attached hydrogens (tertiary/aromatic N) is 1. The van der Waals surface area contributed by atoms with E-state index >= 15 is 0 Å². The molecule has 0 spiro atoms. The number of benzene rings is 1. The van der Waals surface area contributed by atoms with Crippen molar-refractivity contribution in [3.05, 3.63) is 34.9 Å². The van der Waals surface area contributed by atoms with Gasteiger partial charge in [-0.05, 0) is 69.1 Å². The van der Waals surface area contributed by atoms with Gasteiger partial charge in [0.1, 0.15) is 5.54 Å². The maximum absolute atomic E-state index is 13.0. The monoisotopic (exact) mass is 376 g/mol. The lowest BCUT2D eigenvalue weighted by molar-refractivity contribution is -0.141. The first-order valence-electron chi connectivity index (χ1n) is 9.74. The highest BCUT2D eigenvalue weighted by Gasteiger charge is 2.47. The molecule has 0 unspecified atom stereocenters. The largest absolute Gasteiger partial charge is 0.351 e. The average Bonchev–Trinajstić information content (AvgIpc) is 2.92. The fourth-order valence-corrected chi connectivity index (χ4v) is 4.27. The molecule has 0 aromatic heterocycles. The van der Waals surface area contributed by atoms with Gasteiger partial charge in [0.2, 0.25) is 11.8 Å². The third-order valence-corrected chi connectivity index (χ3v) is 6.35. The summed E-state index contributed by atoms with van der Waals surface area (Å²) in [5, 5.41) is 3.93. The van der Waals surface area contributed by atoms with Gasteiger partial charge in [0.05, 0.1) is 0 Å². The lowest BCUT2D eigenvalue weighted by atomic mass is 9.86. The first-order valence-corrected chi connectivity index (χ1v) is 10.1. The van der Waals surface area contributed by atoms with Crippen molar-refractivity contribution < 1.29 is 9.59 Å². The second-order valence-electron chi connectivity index (χ2n) is 8.13. The number of halogens is 1. The van der Waals surface area contributed by atoms with Gasteiger partial charge in [-0.25, -0.2) is 0 Å². The molecule has 5 heteroatoms. The lowest BCUT2D eigenvalue weighted by Gasteiger charge is -2.36. The van der Waals surface area contributed by atoms with E-state index in [9.17, 15) is 9.59 Å². The molecule has 1 heterocycles. The van der Waals surface area contributed by atoms with Gasteiger partial charge in [0, 0.05) is 24.0 Å².